The summed E-state index contributed by atoms with van der Waals surface area (Å²) in [5.41, 5.74) is 0.564. The van der Waals surface area contributed by atoms with Crippen molar-refractivity contribution in [3.05, 3.63) is 46.1 Å². The van der Waals surface area contributed by atoms with E-state index in [1.54, 1.807) is 0 Å². The summed E-state index contributed by atoms with van der Waals surface area (Å²) in [6.07, 6.45) is 3.50. The van der Waals surface area contributed by atoms with E-state index in [9.17, 15) is 0 Å². The molecule has 0 saturated carbocycles. The third-order valence-electron chi connectivity index (χ3n) is 6.56. The second-order valence-corrected chi connectivity index (χ2v) is 15.4. The number of ether oxygens (including phenoxy) is 3. The van der Waals surface area contributed by atoms with Crippen molar-refractivity contribution in [2.75, 3.05) is 6.61 Å². The lowest BCUT2D eigenvalue weighted by Crippen LogP contribution is -2.53. The van der Waals surface area contributed by atoms with E-state index in [0.717, 1.165) is 18.4 Å². The van der Waals surface area contributed by atoms with Crippen molar-refractivity contribution < 1.29 is 18.6 Å². The lowest BCUT2D eigenvalue weighted by atomic mass is 9.94. The molecule has 6 heteroatoms. The van der Waals surface area contributed by atoms with Crippen LogP contribution in [-0.4, -0.2) is 38.8 Å². The van der Waals surface area contributed by atoms with Crippen molar-refractivity contribution in [3.8, 4) is 0 Å². The van der Waals surface area contributed by atoms with Gasteiger partial charge in [0.05, 0.1) is 18.8 Å². The summed E-state index contributed by atoms with van der Waals surface area (Å²) in [5.74, 6) is 0. The molecule has 1 aromatic rings. The molecule has 2 saturated heterocycles. The van der Waals surface area contributed by atoms with Crippen molar-refractivity contribution in [2.24, 2.45) is 0 Å². The van der Waals surface area contributed by atoms with Gasteiger partial charge in [0.2, 0.25) is 0 Å². The summed E-state index contributed by atoms with van der Waals surface area (Å²) >= 11 is 2.26. The summed E-state index contributed by atoms with van der Waals surface area (Å²) in [4.78, 5) is 0. The number of benzene rings is 1. The summed E-state index contributed by atoms with van der Waals surface area (Å²) in [6.45, 7) is 14.1. The van der Waals surface area contributed by atoms with Gasteiger partial charge in [0.15, 0.2) is 14.6 Å². The highest BCUT2D eigenvalue weighted by Gasteiger charge is 2.49. The Bertz CT molecular complexity index is 703. The van der Waals surface area contributed by atoms with Crippen LogP contribution in [0.15, 0.2) is 40.5 Å². The smallest absolute Gasteiger partial charge is 0.192 e. The van der Waals surface area contributed by atoms with Crippen molar-refractivity contribution in [2.45, 2.75) is 88.9 Å². The number of halogens is 1. The standard InChI is InChI=1S/C23H35IO4Si/c1-22(2,3)29(5,6)28-19-12-13-20-23(4,27-18(19)14-15-24)16-25-21(26-20)17-10-8-7-9-11-17/h7-11,14-15,18-21H,12-13,16H2,1-6H3/b15-14-/t18-,19+,20-,21+,23+/m1/s1. The predicted molar refractivity (Wildman–Crippen MR) is 128 cm³/mol. The molecule has 2 aliphatic heterocycles. The average Bonchev–Trinajstić information content (AvgIpc) is 2.78. The van der Waals surface area contributed by atoms with Crippen LogP contribution in [-0.2, 0) is 18.6 Å². The fraction of sp³-hybridized carbons (Fsp3) is 0.652. The maximum Gasteiger partial charge on any atom is 0.192 e. The maximum absolute atomic E-state index is 6.81. The fourth-order valence-corrected chi connectivity index (χ4v) is 5.49. The van der Waals surface area contributed by atoms with Crippen molar-refractivity contribution in [3.63, 3.8) is 0 Å². The van der Waals surface area contributed by atoms with E-state index in [-0.39, 0.29) is 29.6 Å². The second kappa shape index (κ2) is 9.08. The average molecular weight is 531 g/mol. The van der Waals surface area contributed by atoms with E-state index in [1.165, 1.54) is 0 Å². The Hall–Kier alpha value is -0.253. The molecule has 29 heavy (non-hydrogen) atoms. The molecule has 1 aromatic carbocycles. The van der Waals surface area contributed by atoms with E-state index in [4.69, 9.17) is 18.6 Å². The van der Waals surface area contributed by atoms with E-state index in [0.29, 0.717) is 6.61 Å². The molecular formula is C23H35IO4Si. The van der Waals surface area contributed by atoms with Crippen molar-refractivity contribution >= 4 is 30.9 Å². The molecule has 162 valence electrons. The van der Waals surface area contributed by atoms with Crippen LogP contribution in [0.25, 0.3) is 0 Å². The highest BCUT2D eigenvalue weighted by Crippen LogP contribution is 2.43. The maximum atomic E-state index is 6.81. The first-order chi connectivity index (χ1) is 13.6. The topological polar surface area (TPSA) is 36.9 Å². The van der Waals surface area contributed by atoms with Gasteiger partial charge in [-0.1, -0.05) is 73.7 Å². The molecule has 0 unspecified atom stereocenters. The van der Waals surface area contributed by atoms with Crippen LogP contribution in [0.1, 0.15) is 52.4 Å². The van der Waals surface area contributed by atoms with Gasteiger partial charge < -0.3 is 18.6 Å². The van der Waals surface area contributed by atoms with E-state index < -0.39 is 13.9 Å². The lowest BCUT2D eigenvalue weighted by molar-refractivity contribution is -0.302. The molecule has 0 N–H and O–H groups in total. The summed E-state index contributed by atoms with van der Waals surface area (Å²) in [6, 6.07) is 10.1. The molecule has 0 spiro atoms. The van der Waals surface area contributed by atoms with Crippen LogP contribution in [0.2, 0.25) is 18.1 Å². The molecule has 0 radical (unpaired) electrons. The Morgan fingerprint density at radius 3 is 2.48 bits per heavy atom. The first-order valence-corrected chi connectivity index (χ1v) is 14.7. The highest BCUT2D eigenvalue weighted by atomic mass is 127. The van der Waals surface area contributed by atoms with Gasteiger partial charge >= 0.3 is 0 Å². The Balaban J connectivity index is 1.80. The molecule has 0 bridgehead atoms. The van der Waals surface area contributed by atoms with Gasteiger partial charge in [-0.25, -0.2) is 0 Å². The molecule has 2 aliphatic rings. The monoisotopic (exact) mass is 530 g/mol. The van der Waals surface area contributed by atoms with Gasteiger partial charge in [-0.05, 0) is 48.1 Å². The highest BCUT2D eigenvalue weighted by molar-refractivity contribution is 14.1. The summed E-state index contributed by atoms with van der Waals surface area (Å²) < 4.78 is 28.0. The minimum Gasteiger partial charge on any atom is -0.411 e. The Morgan fingerprint density at radius 2 is 1.86 bits per heavy atom. The van der Waals surface area contributed by atoms with Crippen LogP contribution in [0, 0.1) is 0 Å². The Morgan fingerprint density at radius 1 is 1.17 bits per heavy atom. The normalized spacial score (nSPS) is 34.0. The van der Waals surface area contributed by atoms with Gasteiger partial charge in [-0.3, -0.25) is 0 Å². The number of rotatable bonds is 4. The van der Waals surface area contributed by atoms with Crippen LogP contribution in [0.3, 0.4) is 0 Å². The molecule has 2 heterocycles. The minimum absolute atomic E-state index is 0.0282. The Labute approximate surface area is 190 Å². The van der Waals surface area contributed by atoms with Crippen molar-refractivity contribution in [1.82, 2.24) is 0 Å². The van der Waals surface area contributed by atoms with Gasteiger partial charge in [0, 0.05) is 5.56 Å². The zero-order chi connectivity index (χ0) is 21.3. The second-order valence-electron chi connectivity index (χ2n) is 9.89. The third-order valence-corrected chi connectivity index (χ3v) is 11.5. The first kappa shape index (κ1) is 23.4. The SMILES string of the molecule is CC(C)(C)[Si](C)(C)O[C@H]1CC[C@H]2O[C@@H](c3ccccc3)OC[C@]2(C)O[C@@H]1/C=C\I. The van der Waals surface area contributed by atoms with Crippen LogP contribution < -0.4 is 0 Å². The quantitative estimate of drug-likeness (QED) is 0.335. The molecule has 0 aromatic heterocycles. The molecule has 4 nitrogen and oxygen atoms in total. The third kappa shape index (κ3) is 5.33. The summed E-state index contributed by atoms with van der Waals surface area (Å²) in [7, 11) is -1.91. The number of hydrogen-bond donors (Lipinski definition) is 0. The molecule has 0 amide bonds. The predicted octanol–water partition coefficient (Wildman–Crippen LogP) is 6.38. The van der Waals surface area contributed by atoms with Gasteiger partial charge in [0.1, 0.15) is 11.7 Å². The lowest BCUT2D eigenvalue weighted by Gasteiger charge is -2.44. The van der Waals surface area contributed by atoms with E-state index in [2.05, 4.69) is 81.6 Å². The first-order valence-electron chi connectivity index (χ1n) is 10.5. The Kier molecular flexibility index (Phi) is 7.33. The zero-order valence-electron chi connectivity index (χ0n) is 18.5. The van der Waals surface area contributed by atoms with Crippen LogP contribution in [0.4, 0.5) is 0 Å². The summed E-state index contributed by atoms with van der Waals surface area (Å²) in [5, 5.41) is 0.159. The zero-order valence-corrected chi connectivity index (χ0v) is 21.6. The number of hydrogen-bond acceptors (Lipinski definition) is 4. The van der Waals surface area contributed by atoms with Crippen LogP contribution in [0.5, 0.6) is 0 Å². The van der Waals surface area contributed by atoms with Gasteiger partial charge in [-0.15, -0.1) is 0 Å². The fourth-order valence-electron chi connectivity index (χ4n) is 3.72. The molecule has 3 rings (SSSR count). The largest absolute Gasteiger partial charge is 0.411 e. The van der Waals surface area contributed by atoms with Gasteiger partial charge in [-0.2, -0.15) is 0 Å². The molecule has 2 fully saturated rings. The van der Waals surface area contributed by atoms with E-state index in [1.807, 2.05) is 22.3 Å². The minimum atomic E-state index is -1.91. The van der Waals surface area contributed by atoms with E-state index >= 15 is 0 Å². The molecular weight excluding hydrogens is 495 g/mol. The number of fused-ring (bicyclic) bond motifs is 1. The van der Waals surface area contributed by atoms with Crippen LogP contribution >= 0.6 is 22.6 Å². The van der Waals surface area contributed by atoms with Gasteiger partial charge in [0.25, 0.3) is 0 Å². The van der Waals surface area contributed by atoms with Crippen molar-refractivity contribution in [1.29, 1.82) is 0 Å². The molecule has 0 aliphatic carbocycles. The molecule has 5 atom stereocenters.